The highest BCUT2D eigenvalue weighted by molar-refractivity contribution is 5.96. The van der Waals surface area contributed by atoms with Crippen molar-refractivity contribution in [2.45, 2.75) is 64.6 Å². The van der Waals surface area contributed by atoms with Crippen LogP contribution in [0.5, 0.6) is 23.0 Å². The molecule has 2 aromatic rings. The molecule has 0 aliphatic carbocycles. The maximum atomic E-state index is 13.6. The van der Waals surface area contributed by atoms with E-state index in [1.165, 1.54) is 0 Å². The van der Waals surface area contributed by atoms with Crippen LogP contribution >= 0.6 is 0 Å². The third-order valence-corrected chi connectivity index (χ3v) is 6.03. The number of rotatable bonds is 9. The smallest absolute Gasteiger partial charge is 0.254 e. The summed E-state index contributed by atoms with van der Waals surface area (Å²) < 4.78 is 23.6. The first kappa shape index (κ1) is 22.2. The molecule has 0 saturated carbocycles. The second-order valence-corrected chi connectivity index (χ2v) is 8.09. The molecule has 4 rings (SSSR count). The van der Waals surface area contributed by atoms with Crippen LogP contribution in [0.2, 0.25) is 0 Å². The Morgan fingerprint density at radius 1 is 0.938 bits per heavy atom. The summed E-state index contributed by atoms with van der Waals surface area (Å²) in [7, 11) is 0. The zero-order valence-corrected chi connectivity index (χ0v) is 19.1. The van der Waals surface area contributed by atoms with Crippen LogP contribution in [0.25, 0.3) is 0 Å². The average Bonchev–Trinajstić information content (AvgIpc) is 3.06. The molecule has 3 heterocycles. The van der Waals surface area contributed by atoms with Gasteiger partial charge in [0.05, 0.1) is 19.8 Å². The second-order valence-electron chi connectivity index (χ2n) is 8.09. The Morgan fingerprint density at radius 2 is 1.50 bits per heavy atom. The van der Waals surface area contributed by atoms with Crippen LogP contribution in [0.15, 0.2) is 36.7 Å². The van der Waals surface area contributed by atoms with E-state index in [4.69, 9.17) is 18.9 Å². The molecule has 1 amide bonds. The van der Waals surface area contributed by atoms with Gasteiger partial charge in [0.25, 0.3) is 5.91 Å². The Balaban J connectivity index is 1.55. The van der Waals surface area contributed by atoms with Crippen molar-refractivity contribution in [3.8, 4) is 23.0 Å². The van der Waals surface area contributed by atoms with Gasteiger partial charge < -0.3 is 23.8 Å². The number of amides is 1. The topological polar surface area (TPSA) is 70.1 Å². The summed E-state index contributed by atoms with van der Waals surface area (Å²) >= 11 is 0. The lowest BCUT2D eigenvalue weighted by molar-refractivity contribution is 0.0358. The lowest BCUT2D eigenvalue weighted by Gasteiger charge is -2.39. The van der Waals surface area contributed by atoms with Crippen LogP contribution < -0.4 is 18.9 Å². The van der Waals surface area contributed by atoms with Gasteiger partial charge in [-0.2, -0.15) is 0 Å². The van der Waals surface area contributed by atoms with E-state index in [2.05, 4.69) is 4.98 Å². The van der Waals surface area contributed by atoms with Gasteiger partial charge >= 0.3 is 0 Å². The number of nitrogens with zero attached hydrogens (tertiary/aromatic N) is 2. The Kier molecular flexibility index (Phi) is 7.02. The first-order valence-corrected chi connectivity index (χ1v) is 11.6. The molecule has 2 aliphatic rings. The van der Waals surface area contributed by atoms with Crippen LogP contribution in [0, 0.1) is 0 Å². The number of aromatic nitrogens is 1. The molecule has 1 aromatic heterocycles. The lowest BCUT2D eigenvalue weighted by Crippen LogP contribution is -2.49. The molecule has 172 valence electrons. The van der Waals surface area contributed by atoms with Gasteiger partial charge in [0.2, 0.25) is 5.75 Å². The molecule has 2 bridgehead atoms. The number of carbonyl (C=O) groups excluding carboxylic acids is 1. The molecule has 2 unspecified atom stereocenters. The maximum absolute atomic E-state index is 13.6. The molecule has 2 saturated heterocycles. The quantitative estimate of drug-likeness (QED) is 0.572. The van der Waals surface area contributed by atoms with Gasteiger partial charge in [-0.05, 0) is 57.9 Å². The van der Waals surface area contributed by atoms with Crippen LogP contribution in [-0.2, 0) is 0 Å². The highest BCUT2D eigenvalue weighted by atomic mass is 16.5. The molecule has 0 spiro atoms. The minimum Gasteiger partial charge on any atom is -0.490 e. The predicted molar refractivity (Wildman–Crippen MR) is 121 cm³/mol. The van der Waals surface area contributed by atoms with Gasteiger partial charge in [0, 0.05) is 42.9 Å². The molecule has 2 aliphatic heterocycles. The standard InChI is InChI=1S/C25H32N2O5/c1-4-29-22-13-17(14-23(30-5-2)24(22)31-6-3)25(28)27-18-7-8-19(27)16-21(15-18)32-20-9-11-26-12-10-20/h9-14,18-19,21H,4-8,15-16H2,1-3H3. The van der Waals surface area contributed by atoms with E-state index in [1.54, 1.807) is 24.5 Å². The molecule has 2 fully saturated rings. The van der Waals surface area contributed by atoms with Crippen molar-refractivity contribution in [1.29, 1.82) is 0 Å². The molecular weight excluding hydrogens is 408 g/mol. The molecule has 7 nitrogen and oxygen atoms in total. The summed E-state index contributed by atoms with van der Waals surface area (Å²) in [6.07, 6.45) is 7.25. The van der Waals surface area contributed by atoms with Gasteiger partial charge in [-0.15, -0.1) is 0 Å². The summed E-state index contributed by atoms with van der Waals surface area (Å²) in [6.45, 7) is 7.19. The fourth-order valence-electron chi connectivity index (χ4n) is 4.83. The van der Waals surface area contributed by atoms with E-state index in [0.29, 0.717) is 42.6 Å². The van der Waals surface area contributed by atoms with Crippen molar-refractivity contribution >= 4 is 5.91 Å². The van der Waals surface area contributed by atoms with Crippen molar-refractivity contribution in [2.24, 2.45) is 0 Å². The van der Waals surface area contributed by atoms with Gasteiger partial charge in [-0.1, -0.05) is 0 Å². The number of hydrogen-bond donors (Lipinski definition) is 0. The monoisotopic (exact) mass is 440 g/mol. The summed E-state index contributed by atoms with van der Waals surface area (Å²) in [5.41, 5.74) is 0.575. The van der Waals surface area contributed by atoms with Crippen LogP contribution in [-0.4, -0.2) is 53.8 Å². The number of ether oxygens (including phenoxy) is 4. The summed E-state index contributed by atoms with van der Waals surface area (Å²) in [5.74, 6) is 2.50. The molecular formula is C25H32N2O5. The summed E-state index contributed by atoms with van der Waals surface area (Å²) in [6, 6.07) is 7.68. The third kappa shape index (κ3) is 4.61. The van der Waals surface area contributed by atoms with Gasteiger partial charge in [0.1, 0.15) is 11.9 Å². The Bertz CT molecular complexity index is 879. The van der Waals surface area contributed by atoms with E-state index < -0.39 is 0 Å². The summed E-state index contributed by atoms with van der Waals surface area (Å²) in [5, 5.41) is 0. The molecule has 0 radical (unpaired) electrons. The zero-order valence-electron chi connectivity index (χ0n) is 19.1. The van der Waals surface area contributed by atoms with Crippen molar-refractivity contribution in [3.05, 3.63) is 42.2 Å². The maximum Gasteiger partial charge on any atom is 0.254 e. The van der Waals surface area contributed by atoms with E-state index in [1.807, 2.05) is 37.8 Å². The van der Waals surface area contributed by atoms with Crippen molar-refractivity contribution < 1.29 is 23.7 Å². The van der Waals surface area contributed by atoms with E-state index in [0.717, 1.165) is 31.4 Å². The number of fused-ring (bicyclic) bond motifs is 2. The third-order valence-electron chi connectivity index (χ3n) is 6.03. The Morgan fingerprint density at radius 3 is 2.03 bits per heavy atom. The largest absolute Gasteiger partial charge is 0.490 e. The van der Waals surface area contributed by atoms with Crippen molar-refractivity contribution in [3.63, 3.8) is 0 Å². The number of hydrogen-bond acceptors (Lipinski definition) is 6. The van der Waals surface area contributed by atoms with Crippen LogP contribution in [0.1, 0.15) is 56.8 Å². The lowest BCUT2D eigenvalue weighted by atomic mass is 9.98. The van der Waals surface area contributed by atoms with Crippen LogP contribution in [0.3, 0.4) is 0 Å². The minimum absolute atomic E-state index is 0.0183. The molecule has 0 N–H and O–H groups in total. The van der Waals surface area contributed by atoms with Gasteiger partial charge in [0.15, 0.2) is 11.5 Å². The zero-order chi connectivity index (χ0) is 22.5. The predicted octanol–water partition coefficient (Wildman–Crippen LogP) is 4.49. The number of benzene rings is 1. The van der Waals surface area contributed by atoms with E-state index >= 15 is 0 Å². The second kappa shape index (κ2) is 10.1. The SMILES string of the molecule is CCOc1cc(C(=O)N2C3CCC2CC(Oc2ccncc2)C3)cc(OCC)c1OCC. The average molecular weight is 441 g/mol. The van der Waals surface area contributed by atoms with Crippen molar-refractivity contribution in [1.82, 2.24) is 9.88 Å². The fraction of sp³-hybridized carbons (Fsp3) is 0.520. The summed E-state index contributed by atoms with van der Waals surface area (Å²) in [4.78, 5) is 19.7. The molecule has 32 heavy (non-hydrogen) atoms. The van der Waals surface area contributed by atoms with Gasteiger partial charge in [-0.25, -0.2) is 0 Å². The number of piperidine rings is 1. The molecule has 7 heteroatoms. The van der Waals surface area contributed by atoms with Crippen LogP contribution in [0.4, 0.5) is 0 Å². The first-order chi connectivity index (χ1) is 15.6. The first-order valence-electron chi connectivity index (χ1n) is 11.6. The number of carbonyl (C=O) groups is 1. The highest BCUT2D eigenvalue weighted by Gasteiger charge is 2.44. The number of pyridine rings is 1. The molecule has 1 aromatic carbocycles. The highest BCUT2D eigenvalue weighted by Crippen LogP contribution is 2.42. The Hall–Kier alpha value is -2.96. The normalized spacial score (nSPS) is 21.8. The van der Waals surface area contributed by atoms with E-state index in [9.17, 15) is 4.79 Å². The van der Waals surface area contributed by atoms with E-state index in [-0.39, 0.29) is 24.1 Å². The fourth-order valence-corrected chi connectivity index (χ4v) is 4.83. The van der Waals surface area contributed by atoms with Gasteiger partial charge in [-0.3, -0.25) is 9.78 Å². The minimum atomic E-state index is 0.0183. The van der Waals surface area contributed by atoms with Crippen molar-refractivity contribution in [2.75, 3.05) is 19.8 Å². The Labute approximate surface area is 189 Å². The molecule has 2 atom stereocenters.